The number of benzene rings is 2. The number of aryl methyl sites for hydroxylation is 1. The minimum absolute atomic E-state index is 0.152. The first kappa shape index (κ1) is 21.4. The van der Waals surface area contributed by atoms with E-state index in [4.69, 9.17) is 16.7 Å². The predicted molar refractivity (Wildman–Crippen MR) is 135 cm³/mol. The SMILES string of the molecule is Cc1nn(CC(=O)N2CCc3ccccc32)c(=O)c2c(-n3cccc3)n(-c3ccc(Cl)cc3)nc12. The molecule has 0 saturated heterocycles. The molecule has 0 aliphatic carbocycles. The molecule has 1 amide bonds. The number of carbonyl (C=O) groups is 1. The molecule has 6 rings (SSSR count). The van der Waals surface area contributed by atoms with Crippen molar-refractivity contribution in [3.8, 4) is 11.5 Å². The van der Waals surface area contributed by atoms with Crippen LogP contribution in [0.3, 0.4) is 0 Å². The van der Waals surface area contributed by atoms with E-state index in [0.29, 0.717) is 34.0 Å². The summed E-state index contributed by atoms with van der Waals surface area (Å²) in [6.07, 6.45) is 4.51. The number of hydrogen-bond acceptors (Lipinski definition) is 4. The van der Waals surface area contributed by atoms with Crippen molar-refractivity contribution in [3.05, 3.63) is 99.7 Å². The number of amides is 1. The third-order valence-electron chi connectivity index (χ3n) is 6.32. The standard InChI is InChI=1S/C26H21ClN6O2/c1-17-24-23(25(30-13-4-5-14-30)33(29-24)20-10-8-19(27)9-11-20)26(35)32(28-17)16-22(34)31-15-12-18-6-2-3-7-21(18)31/h2-11,13-14H,12,15-16H2,1H3. The summed E-state index contributed by atoms with van der Waals surface area (Å²) in [7, 11) is 0. The number of nitrogens with zero attached hydrogens (tertiary/aromatic N) is 6. The Hall–Kier alpha value is -4.17. The Kier molecular flexibility index (Phi) is 5.04. The Morgan fingerprint density at radius 2 is 1.74 bits per heavy atom. The number of fused-ring (bicyclic) bond motifs is 2. The molecular formula is C26H21ClN6O2. The quantitative estimate of drug-likeness (QED) is 0.387. The number of carbonyl (C=O) groups excluding carboxylic acids is 1. The summed E-state index contributed by atoms with van der Waals surface area (Å²) in [5.74, 6) is 0.409. The number of hydrogen-bond donors (Lipinski definition) is 0. The summed E-state index contributed by atoms with van der Waals surface area (Å²) in [5, 5.41) is 10.2. The fraction of sp³-hybridized carbons (Fsp3) is 0.154. The van der Waals surface area contributed by atoms with Gasteiger partial charge in [-0.3, -0.25) is 9.59 Å². The van der Waals surface area contributed by atoms with Crippen LogP contribution >= 0.6 is 11.6 Å². The second-order valence-electron chi connectivity index (χ2n) is 8.50. The van der Waals surface area contributed by atoms with Crippen molar-refractivity contribution in [2.75, 3.05) is 11.4 Å². The summed E-state index contributed by atoms with van der Waals surface area (Å²) in [5.41, 5.74) is 3.47. The van der Waals surface area contributed by atoms with Gasteiger partial charge >= 0.3 is 0 Å². The molecule has 3 aromatic heterocycles. The lowest BCUT2D eigenvalue weighted by Crippen LogP contribution is -2.36. The van der Waals surface area contributed by atoms with Crippen LogP contribution in [0.1, 0.15) is 11.3 Å². The number of anilines is 1. The molecule has 1 aliphatic rings. The molecule has 9 heteroatoms. The molecule has 0 unspecified atom stereocenters. The van der Waals surface area contributed by atoms with E-state index >= 15 is 0 Å². The van der Waals surface area contributed by atoms with Gasteiger partial charge in [-0.05, 0) is 61.4 Å². The van der Waals surface area contributed by atoms with Crippen LogP contribution in [0.15, 0.2) is 77.9 Å². The first-order chi connectivity index (χ1) is 17.0. The third-order valence-corrected chi connectivity index (χ3v) is 6.57. The fourth-order valence-corrected chi connectivity index (χ4v) is 4.78. The topological polar surface area (TPSA) is 78.0 Å². The Morgan fingerprint density at radius 1 is 1.00 bits per heavy atom. The van der Waals surface area contributed by atoms with Crippen molar-refractivity contribution in [3.63, 3.8) is 0 Å². The number of halogens is 1. The first-order valence-corrected chi connectivity index (χ1v) is 11.7. The molecule has 4 heterocycles. The van der Waals surface area contributed by atoms with E-state index in [2.05, 4.69) is 5.10 Å². The van der Waals surface area contributed by atoms with Crippen LogP contribution < -0.4 is 10.5 Å². The summed E-state index contributed by atoms with van der Waals surface area (Å²) < 4.78 is 4.80. The van der Waals surface area contributed by atoms with Crippen molar-refractivity contribution in [2.45, 2.75) is 19.9 Å². The van der Waals surface area contributed by atoms with Crippen LogP contribution in [0.5, 0.6) is 0 Å². The molecule has 8 nitrogen and oxygen atoms in total. The number of aromatic nitrogens is 5. The maximum atomic E-state index is 13.7. The van der Waals surface area contributed by atoms with Crippen molar-refractivity contribution in [1.82, 2.24) is 24.1 Å². The number of rotatable bonds is 4. The summed E-state index contributed by atoms with van der Waals surface area (Å²) >= 11 is 6.09. The van der Waals surface area contributed by atoms with Gasteiger partial charge in [-0.2, -0.15) is 10.2 Å². The van der Waals surface area contributed by atoms with Crippen molar-refractivity contribution >= 4 is 34.1 Å². The zero-order chi connectivity index (χ0) is 24.1. The molecule has 2 aromatic carbocycles. The van der Waals surface area contributed by atoms with Crippen LogP contribution in [0.4, 0.5) is 5.69 Å². The van der Waals surface area contributed by atoms with Crippen LogP contribution in [-0.2, 0) is 17.8 Å². The minimum atomic E-state index is -0.365. The maximum absolute atomic E-state index is 13.7. The lowest BCUT2D eigenvalue weighted by Gasteiger charge is -2.17. The van der Waals surface area contributed by atoms with E-state index in [1.807, 2.05) is 65.5 Å². The molecule has 0 saturated carbocycles. The van der Waals surface area contributed by atoms with Crippen LogP contribution in [0.2, 0.25) is 5.02 Å². The van der Waals surface area contributed by atoms with E-state index in [1.165, 1.54) is 4.68 Å². The molecule has 5 aromatic rings. The average Bonchev–Trinajstić information content (AvgIpc) is 3.61. The molecule has 0 atom stereocenters. The smallest absolute Gasteiger partial charge is 0.280 e. The third kappa shape index (κ3) is 3.54. The lowest BCUT2D eigenvalue weighted by molar-refractivity contribution is -0.119. The second kappa shape index (κ2) is 8.25. The zero-order valence-corrected chi connectivity index (χ0v) is 19.7. The minimum Gasteiger partial charge on any atom is -0.310 e. The van der Waals surface area contributed by atoms with Crippen LogP contribution in [0.25, 0.3) is 22.4 Å². The fourth-order valence-electron chi connectivity index (χ4n) is 4.66. The van der Waals surface area contributed by atoms with Crippen molar-refractivity contribution in [2.24, 2.45) is 0 Å². The Labute approximate surface area is 205 Å². The molecule has 0 spiro atoms. The van der Waals surface area contributed by atoms with E-state index in [0.717, 1.165) is 23.4 Å². The van der Waals surface area contributed by atoms with Gasteiger partial charge in [0.1, 0.15) is 17.4 Å². The van der Waals surface area contributed by atoms with Crippen LogP contribution in [-0.4, -0.2) is 36.6 Å². The summed E-state index contributed by atoms with van der Waals surface area (Å²) in [6.45, 7) is 2.24. The molecule has 0 N–H and O–H groups in total. The van der Waals surface area contributed by atoms with E-state index < -0.39 is 0 Å². The molecule has 0 bridgehead atoms. The van der Waals surface area contributed by atoms with Crippen LogP contribution in [0, 0.1) is 6.92 Å². The van der Waals surface area contributed by atoms with Gasteiger partial charge in [-0.1, -0.05) is 29.8 Å². The normalized spacial score (nSPS) is 12.9. The monoisotopic (exact) mass is 484 g/mol. The lowest BCUT2D eigenvalue weighted by atomic mass is 10.2. The highest BCUT2D eigenvalue weighted by atomic mass is 35.5. The van der Waals surface area contributed by atoms with Gasteiger partial charge in [0, 0.05) is 29.6 Å². The van der Waals surface area contributed by atoms with Gasteiger partial charge in [0.15, 0.2) is 5.82 Å². The zero-order valence-electron chi connectivity index (χ0n) is 18.9. The van der Waals surface area contributed by atoms with Gasteiger partial charge in [0.2, 0.25) is 5.91 Å². The Bertz CT molecular complexity index is 1630. The average molecular weight is 485 g/mol. The van der Waals surface area contributed by atoms with E-state index in [1.54, 1.807) is 28.6 Å². The van der Waals surface area contributed by atoms with E-state index in [-0.39, 0.29) is 18.0 Å². The van der Waals surface area contributed by atoms with Gasteiger partial charge in [0.05, 0.1) is 11.4 Å². The van der Waals surface area contributed by atoms with Gasteiger partial charge in [0.25, 0.3) is 5.56 Å². The highest BCUT2D eigenvalue weighted by Crippen LogP contribution is 2.28. The van der Waals surface area contributed by atoms with Crippen molar-refractivity contribution < 1.29 is 4.79 Å². The van der Waals surface area contributed by atoms with Gasteiger partial charge in [-0.25, -0.2) is 9.36 Å². The highest BCUT2D eigenvalue weighted by Gasteiger charge is 2.27. The number of para-hydroxylation sites is 1. The summed E-state index contributed by atoms with van der Waals surface area (Å²) in [4.78, 5) is 28.7. The molecule has 35 heavy (non-hydrogen) atoms. The summed E-state index contributed by atoms with van der Waals surface area (Å²) in [6, 6.07) is 18.8. The Morgan fingerprint density at radius 3 is 2.51 bits per heavy atom. The molecule has 0 fully saturated rings. The highest BCUT2D eigenvalue weighted by molar-refractivity contribution is 6.30. The maximum Gasteiger partial charge on any atom is 0.280 e. The first-order valence-electron chi connectivity index (χ1n) is 11.3. The molecular weight excluding hydrogens is 464 g/mol. The van der Waals surface area contributed by atoms with E-state index in [9.17, 15) is 9.59 Å². The molecule has 0 radical (unpaired) electrons. The molecule has 174 valence electrons. The van der Waals surface area contributed by atoms with Gasteiger partial charge < -0.3 is 9.47 Å². The second-order valence-corrected chi connectivity index (χ2v) is 8.93. The predicted octanol–water partition coefficient (Wildman–Crippen LogP) is 3.92. The molecule has 1 aliphatic heterocycles. The van der Waals surface area contributed by atoms with Gasteiger partial charge in [-0.15, -0.1) is 0 Å². The Balaban J connectivity index is 1.49. The van der Waals surface area contributed by atoms with Crippen molar-refractivity contribution in [1.29, 1.82) is 0 Å². The largest absolute Gasteiger partial charge is 0.310 e.